The Kier molecular flexibility index (Phi) is 2.19. The van der Waals surface area contributed by atoms with Crippen LogP contribution in [0.2, 0.25) is 5.02 Å². The van der Waals surface area contributed by atoms with Crippen molar-refractivity contribution in [2.75, 3.05) is 0 Å². The first-order chi connectivity index (χ1) is 7.86. The maximum Gasteiger partial charge on any atom is 0.0534 e. The van der Waals surface area contributed by atoms with Crippen molar-refractivity contribution in [3.05, 3.63) is 59.8 Å². The van der Waals surface area contributed by atoms with E-state index in [1.54, 1.807) is 0 Å². The zero-order valence-electron chi connectivity index (χ0n) is 8.57. The largest absolute Gasteiger partial charge is 0.361 e. The third-order valence-electron chi connectivity index (χ3n) is 2.75. The van der Waals surface area contributed by atoms with Crippen LogP contribution in [0.1, 0.15) is 0 Å². The number of aromatic amines is 1. The smallest absolute Gasteiger partial charge is 0.0534 e. The minimum Gasteiger partial charge on any atom is -0.361 e. The van der Waals surface area contributed by atoms with Crippen molar-refractivity contribution in [1.82, 2.24) is 4.98 Å². The first-order valence-electron chi connectivity index (χ1n) is 5.17. The second-order valence-electron chi connectivity index (χ2n) is 3.73. The molecule has 0 atom stereocenters. The van der Waals surface area contributed by atoms with E-state index in [0.717, 1.165) is 21.7 Å². The molecule has 1 nitrogen and oxygen atoms in total. The number of hydrogen-bond donors (Lipinski definition) is 1. The summed E-state index contributed by atoms with van der Waals surface area (Å²) in [7, 11) is 0. The van der Waals surface area contributed by atoms with Crippen LogP contribution < -0.4 is 0 Å². The second kappa shape index (κ2) is 3.69. The summed E-state index contributed by atoms with van der Waals surface area (Å²) in [6.45, 7) is 0. The van der Waals surface area contributed by atoms with Crippen molar-refractivity contribution in [3.63, 3.8) is 0 Å². The molecular formula is C14H10ClN. The summed E-state index contributed by atoms with van der Waals surface area (Å²) in [4.78, 5) is 3.26. The molecular weight excluding hydrogens is 218 g/mol. The molecule has 2 aromatic carbocycles. The van der Waals surface area contributed by atoms with Gasteiger partial charge in [0.2, 0.25) is 0 Å². The van der Waals surface area contributed by atoms with Crippen molar-refractivity contribution in [3.8, 4) is 11.1 Å². The van der Waals surface area contributed by atoms with E-state index >= 15 is 0 Å². The summed E-state index contributed by atoms with van der Waals surface area (Å²) in [6, 6.07) is 16.2. The van der Waals surface area contributed by atoms with Crippen LogP contribution in [0.25, 0.3) is 22.0 Å². The predicted octanol–water partition coefficient (Wildman–Crippen LogP) is 4.49. The molecule has 0 aliphatic carbocycles. The molecule has 16 heavy (non-hydrogen) atoms. The third-order valence-corrected chi connectivity index (χ3v) is 3.08. The normalized spacial score (nSPS) is 10.8. The molecule has 1 aromatic heterocycles. The lowest BCUT2D eigenvalue weighted by molar-refractivity contribution is 1.47. The number of aromatic nitrogens is 1. The van der Waals surface area contributed by atoms with Gasteiger partial charge >= 0.3 is 0 Å². The van der Waals surface area contributed by atoms with E-state index in [2.05, 4.69) is 29.2 Å². The van der Waals surface area contributed by atoms with Crippen LogP contribution in [0.3, 0.4) is 0 Å². The van der Waals surface area contributed by atoms with Gasteiger partial charge in [-0.05, 0) is 17.5 Å². The quantitative estimate of drug-likeness (QED) is 0.631. The lowest BCUT2D eigenvalue weighted by atomic mass is 10.0. The summed E-state index contributed by atoms with van der Waals surface area (Å²) in [5.41, 5.74) is 3.35. The van der Waals surface area contributed by atoms with Crippen LogP contribution >= 0.6 is 11.6 Å². The molecule has 0 spiro atoms. The predicted molar refractivity (Wildman–Crippen MR) is 68.7 cm³/mol. The molecule has 0 aliphatic rings. The van der Waals surface area contributed by atoms with E-state index in [4.69, 9.17) is 11.6 Å². The van der Waals surface area contributed by atoms with Gasteiger partial charge in [-0.1, -0.05) is 48.0 Å². The zero-order chi connectivity index (χ0) is 11.0. The Morgan fingerprint density at radius 3 is 2.50 bits per heavy atom. The Labute approximate surface area is 98.7 Å². The zero-order valence-corrected chi connectivity index (χ0v) is 9.33. The Morgan fingerprint density at radius 1 is 0.812 bits per heavy atom. The van der Waals surface area contributed by atoms with E-state index in [9.17, 15) is 0 Å². The molecule has 1 N–H and O–H groups in total. The molecule has 3 rings (SSSR count). The van der Waals surface area contributed by atoms with E-state index in [-0.39, 0.29) is 0 Å². The van der Waals surface area contributed by atoms with Gasteiger partial charge < -0.3 is 4.98 Å². The number of halogens is 1. The highest BCUT2D eigenvalue weighted by atomic mass is 35.5. The fraction of sp³-hybridized carbons (Fsp3) is 0. The average Bonchev–Trinajstić information content (AvgIpc) is 2.77. The van der Waals surface area contributed by atoms with E-state index in [1.807, 2.05) is 30.5 Å². The van der Waals surface area contributed by atoms with Crippen LogP contribution in [0, 0.1) is 0 Å². The summed E-state index contributed by atoms with van der Waals surface area (Å²) in [5, 5.41) is 1.99. The van der Waals surface area contributed by atoms with Crippen molar-refractivity contribution in [1.29, 1.82) is 0 Å². The van der Waals surface area contributed by atoms with Gasteiger partial charge in [-0.2, -0.15) is 0 Å². The summed E-state index contributed by atoms with van der Waals surface area (Å²) in [5.74, 6) is 0. The summed E-state index contributed by atoms with van der Waals surface area (Å²) < 4.78 is 0. The number of rotatable bonds is 1. The van der Waals surface area contributed by atoms with Crippen LogP contribution in [0.5, 0.6) is 0 Å². The minimum atomic E-state index is 0.782. The number of H-pyrrole nitrogens is 1. The Balaban J connectivity index is 2.34. The van der Waals surface area contributed by atoms with Crippen LogP contribution in [-0.4, -0.2) is 4.98 Å². The topological polar surface area (TPSA) is 15.8 Å². The Hall–Kier alpha value is -1.73. The SMILES string of the molecule is Clc1ccccc1-c1cccc2cc[nH]c12. The standard InChI is InChI=1S/C14H10ClN/c15-13-7-2-1-5-11(13)12-6-3-4-10-8-9-16-14(10)12/h1-9,16H. The van der Waals surface area contributed by atoms with Crippen molar-refractivity contribution in [2.45, 2.75) is 0 Å². The number of fused-ring (bicyclic) bond motifs is 1. The number of benzene rings is 2. The molecule has 78 valence electrons. The van der Waals surface area contributed by atoms with Gasteiger partial charge in [-0.3, -0.25) is 0 Å². The molecule has 0 amide bonds. The van der Waals surface area contributed by atoms with Crippen molar-refractivity contribution >= 4 is 22.5 Å². The molecule has 0 saturated carbocycles. The lowest BCUT2D eigenvalue weighted by Crippen LogP contribution is -1.81. The van der Waals surface area contributed by atoms with E-state index in [1.165, 1.54) is 5.39 Å². The molecule has 0 radical (unpaired) electrons. The Morgan fingerprint density at radius 2 is 1.62 bits per heavy atom. The highest BCUT2D eigenvalue weighted by Crippen LogP contribution is 2.32. The van der Waals surface area contributed by atoms with Crippen LogP contribution in [0.15, 0.2) is 54.7 Å². The van der Waals surface area contributed by atoms with Crippen molar-refractivity contribution < 1.29 is 0 Å². The van der Waals surface area contributed by atoms with Gasteiger partial charge in [0, 0.05) is 22.3 Å². The molecule has 3 aromatic rings. The van der Waals surface area contributed by atoms with Gasteiger partial charge in [-0.25, -0.2) is 0 Å². The lowest BCUT2D eigenvalue weighted by Gasteiger charge is -2.05. The van der Waals surface area contributed by atoms with Gasteiger partial charge in [0.25, 0.3) is 0 Å². The van der Waals surface area contributed by atoms with Gasteiger partial charge in [0.1, 0.15) is 0 Å². The van der Waals surface area contributed by atoms with Crippen LogP contribution in [0.4, 0.5) is 0 Å². The molecule has 1 heterocycles. The first kappa shape index (κ1) is 9.49. The number of hydrogen-bond acceptors (Lipinski definition) is 0. The maximum atomic E-state index is 6.21. The molecule has 0 saturated heterocycles. The van der Waals surface area contributed by atoms with Crippen molar-refractivity contribution in [2.24, 2.45) is 0 Å². The van der Waals surface area contributed by atoms with Crippen LogP contribution in [-0.2, 0) is 0 Å². The molecule has 0 bridgehead atoms. The maximum absolute atomic E-state index is 6.21. The summed E-state index contributed by atoms with van der Waals surface area (Å²) >= 11 is 6.21. The van der Waals surface area contributed by atoms with Gasteiger partial charge in [-0.15, -0.1) is 0 Å². The second-order valence-corrected chi connectivity index (χ2v) is 4.13. The molecule has 0 unspecified atom stereocenters. The summed E-state index contributed by atoms with van der Waals surface area (Å²) in [6.07, 6.45) is 1.95. The number of nitrogens with one attached hydrogen (secondary N) is 1. The molecule has 0 aliphatic heterocycles. The molecule has 0 fully saturated rings. The van der Waals surface area contributed by atoms with Gasteiger partial charge in [0.15, 0.2) is 0 Å². The molecule has 2 heteroatoms. The highest BCUT2D eigenvalue weighted by Gasteiger charge is 2.06. The fourth-order valence-corrected chi connectivity index (χ4v) is 2.23. The average molecular weight is 228 g/mol. The monoisotopic (exact) mass is 227 g/mol. The highest BCUT2D eigenvalue weighted by molar-refractivity contribution is 6.33. The van der Waals surface area contributed by atoms with E-state index < -0.39 is 0 Å². The minimum absolute atomic E-state index is 0.782. The fourth-order valence-electron chi connectivity index (χ4n) is 1.99. The third kappa shape index (κ3) is 1.41. The van der Waals surface area contributed by atoms with Gasteiger partial charge in [0.05, 0.1) is 5.52 Å². The Bertz CT molecular complexity index is 640. The first-order valence-corrected chi connectivity index (χ1v) is 5.55. The van der Waals surface area contributed by atoms with E-state index in [0.29, 0.717) is 0 Å². The number of para-hydroxylation sites is 1.